The maximum absolute atomic E-state index is 12.5. The molecule has 138 valence electrons. The van der Waals surface area contributed by atoms with Crippen LogP contribution < -0.4 is 5.32 Å². The van der Waals surface area contributed by atoms with Crippen LogP contribution >= 0.6 is 0 Å². The molecule has 5 heteroatoms. The summed E-state index contributed by atoms with van der Waals surface area (Å²) in [7, 11) is 1.88. The van der Waals surface area contributed by atoms with Crippen LogP contribution in [0.1, 0.15) is 39.2 Å². The molecule has 25 heavy (non-hydrogen) atoms. The minimum absolute atomic E-state index is 0.00527. The highest BCUT2D eigenvalue weighted by Gasteiger charge is 2.32. The first-order chi connectivity index (χ1) is 11.7. The Balaban J connectivity index is 1.89. The number of hydrogen-bond donors (Lipinski definition) is 1. The summed E-state index contributed by atoms with van der Waals surface area (Å²) in [4.78, 5) is 28.8. The van der Waals surface area contributed by atoms with Crippen LogP contribution in [0.25, 0.3) is 0 Å². The molecule has 2 amide bonds. The van der Waals surface area contributed by atoms with Crippen molar-refractivity contribution in [1.82, 2.24) is 9.80 Å². The number of amides is 2. The average Bonchev–Trinajstić information content (AvgIpc) is 2.55. The lowest BCUT2D eigenvalue weighted by atomic mass is 9.93. The second kappa shape index (κ2) is 8.00. The number of nitrogens with one attached hydrogen (secondary N) is 1. The van der Waals surface area contributed by atoms with E-state index in [2.05, 4.69) is 10.2 Å². The third-order valence-corrected chi connectivity index (χ3v) is 4.69. The first-order valence-electron chi connectivity index (χ1n) is 9.03. The molecule has 0 bridgehead atoms. The number of anilines is 1. The standard InChI is InChI=1S/C20H31N3O2/c1-15-8-10-16(11-9-15)21-18(24)14-23-12-6-7-17(13-23)22(5)19(25)20(2,3)4/h8-11,17H,6-7,12-14H2,1-5H3,(H,21,24). The van der Waals surface area contributed by atoms with Gasteiger partial charge in [0.1, 0.15) is 0 Å². The molecule has 1 aromatic carbocycles. The van der Waals surface area contributed by atoms with Gasteiger partial charge in [0, 0.05) is 30.7 Å². The maximum atomic E-state index is 12.5. The normalized spacial score (nSPS) is 18.7. The SMILES string of the molecule is Cc1ccc(NC(=O)CN2CCCC(N(C)C(=O)C(C)(C)C)C2)cc1. The lowest BCUT2D eigenvalue weighted by molar-refractivity contribution is -0.141. The molecule has 1 atom stereocenters. The Kier molecular flexibility index (Phi) is 6.22. The number of aryl methyl sites for hydroxylation is 1. The molecule has 0 saturated carbocycles. The Morgan fingerprint density at radius 2 is 1.88 bits per heavy atom. The third-order valence-electron chi connectivity index (χ3n) is 4.69. The van der Waals surface area contributed by atoms with Crippen LogP contribution in [-0.2, 0) is 9.59 Å². The first kappa shape index (κ1) is 19.4. The van der Waals surface area contributed by atoms with Gasteiger partial charge in [0.05, 0.1) is 6.54 Å². The van der Waals surface area contributed by atoms with Gasteiger partial charge >= 0.3 is 0 Å². The summed E-state index contributed by atoms with van der Waals surface area (Å²) in [5.74, 6) is 0.151. The number of benzene rings is 1. The molecule has 1 saturated heterocycles. The van der Waals surface area contributed by atoms with E-state index in [9.17, 15) is 9.59 Å². The van der Waals surface area contributed by atoms with E-state index < -0.39 is 0 Å². The van der Waals surface area contributed by atoms with Crippen molar-refractivity contribution in [2.45, 2.75) is 46.6 Å². The van der Waals surface area contributed by atoms with Crippen LogP contribution in [0.2, 0.25) is 0 Å². The largest absolute Gasteiger partial charge is 0.341 e. The quantitative estimate of drug-likeness (QED) is 0.913. The monoisotopic (exact) mass is 345 g/mol. The van der Waals surface area contributed by atoms with Gasteiger partial charge < -0.3 is 10.2 Å². The van der Waals surface area contributed by atoms with Gasteiger partial charge in [-0.15, -0.1) is 0 Å². The van der Waals surface area contributed by atoms with Crippen LogP contribution in [0.5, 0.6) is 0 Å². The van der Waals surface area contributed by atoms with Gasteiger partial charge in [0.2, 0.25) is 11.8 Å². The van der Waals surface area contributed by atoms with E-state index in [0.717, 1.165) is 31.6 Å². The lowest BCUT2D eigenvalue weighted by Gasteiger charge is -2.39. The number of carbonyl (C=O) groups is 2. The lowest BCUT2D eigenvalue weighted by Crippen LogP contribution is -2.52. The van der Waals surface area contributed by atoms with Crippen molar-refractivity contribution in [3.8, 4) is 0 Å². The van der Waals surface area contributed by atoms with Crippen LogP contribution in [0.3, 0.4) is 0 Å². The number of likely N-dealkylation sites (tertiary alicyclic amines) is 1. The van der Waals surface area contributed by atoms with Crippen LogP contribution in [-0.4, -0.2) is 54.3 Å². The van der Waals surface area contributed by atoms with E-state index in [1.165, 1.54) is 5.56 Å². The smallest absolute Gasteiger partial charge is 0.238 e. The molecule has 1 unspecified atom stereocenters. The summed E-state index contributed by atoms with van der Waals surface area (Å²) in [6.45, 7) is 9.87. The number of rotatable bonds is 4. The number of carbonyl (C=O) groups excluding carboxylic acids is 2. The highest BCUT2D eigenvalue weighted by molar-refractivity contribution is 5.92. The van der Waals surface area contributed by atoms with E-state index in [0.29, 0.717) is 6.54 Å². The van der Waals surface area contributed by atoms with E-state index in [4.69, 9.17) is 0 Å². The molecule has 1 heterocycles. The van der Waals surface area contributed by atoms with Gasteiger partial charge in [0.15, 0.2) is 0 Å². The molecular weight excluding hydrogens is 314 g/mol. The molecule has 2 rings (SSSR count). The summed E-state index contributed by atoms with van der Waals surface area (Å²) >= 11 is 0. The minimum Gasteiger partial charge on any atom is -0.341 e. The van der Waals surface area contributed by atoms with E-state index in [1.54, 1.807) is 0 Å². The molecule has 1 N–H and O–H groups in total. The Morgan fingerprint density at radius 3 is 2.48 bits per heavy atom. The fraction of sp³-hybridized carbons (Fsp3) is 0.600. The maximum Gasteiger partial charge on any atom is 0.238 e. The molecule has 0 aromatic heterocycles. The molecule has 0 spiro atoms. The second-order valence-corrected chi connectivity index (χ2v) is 8.11. The van der Waals surface area contributed by atoms with E-state index >= 15 is 0 Å². The van der Waals surface area contributed by atoms with Crippen molar-refractivity contribution in [3.05, 3.63) is 29.8 Å². The fourth-order valence-corrected chi connectivity index (χ4v) is 3.23. The first-order valence-corrected chi connectivity index (χ1v) is 9.03. The van der Waals surface area contributed by atoms with Crippen molar-refractivity contribution in [2.24, 2.45) is 5.41 Å². The van der Waals surface area contributed by atoms with Gasteiger partial charge in [-0.05, 0) is 38.4 Å². The second-order valence-electron chi connectivity index (χ2n) is 8.11. The summed E-state index contributed by atoms with van der Waals surface area (Å²) in [6.07, 6.45) is 2.00. The zero-order valence-electron chi connectivity index (χ0n) is 16.1. The molecule has 0 aliphatic carbocycles. The Hall–Kier alpha value is -1.88. The topological polar surface area (TPSA) is 52.7 Å². The molecule has 0 radical (unpaired) electrons. The summed E-state index contributed by atoms with van der Waals surface area (Å²) in [6, 6.07) is 7.98. The number of piperidine rings is 1. The molecule has 1 aliphatic heterocycles. The fourth-order valence-electron chi connectivity index (χ4n) is 3.23. The van der Waals surface area contributed by atoms with Crippen LogP contribution in [0.4, 0.5) is 5.69 Å². The number of hydrogen-bond acceptors (Lipinski definition) is 3. The molecule has 5 nitrogen and oxygen atoms in total. The van der Waals surface area contributed by atoms with Crippen molar-refractivity contribution in [1.29, 1.82) is 0 Å². The predicted molar refractivity (Wildman–Crippen MR) is 101 cm³/mol. The van der Waals surface area contributed by atoms with Crippen molar-refractivity contribution < 1.29 is 9.59 Å². The van der Waals surface area contributed by atoms with Gasteiger partial charge in [-0.3, -0.25) is 14.5 Å². The minimum atomic E-state index is -0.375. The van der Waals surface area contributed by atoms with Crippen molar-refractivity contribution in [3.63, 3.8) is 0 Å². The average molecular weight is 345 g/mol. The van der Waals surface area contributed by atoms with E-state index in [-0.39, 0.29) is 23.3 Å². The molecular formula is C20H31N3O2. The highest BCUT2D eigenvalue weighted by Crippen LogP contribution is 2.22. The summed E-state index contributed by atoms with van der Waals surface area (Å²) in [5.41, 5.74) is 1.62. The summed E-state index contributed by atoms with van der Waals surface area (Å²) in [5, 5.41) is 2.95. The zero-order valence-corrected chi connectivity index (χ0v) is 16.1. The van der Waals surface area contributed by atoms with Gasteiger partial charge in [-0.2, -0.15) is 0 Å². The third kappa shape index (κ3) is 5.56. The Bertz CT molecular complexity index is 604. The number of likely N-dealkylation sites (N-methyl/N-ethyl adjacent to an activating group) is 1. The number of nitrogens with zero attached hydrogens (tertiary/aromatic N) is 2. The van der Waals surface area contributed by atoms with Gasteiger partial charge in [0.25, 0.3) is 0 Å². The predicted octanol–water partition coefficient (Wildman–Crippen LogP) is 2.90. The molecule has 1 aliphatic rings. The molecule has 1 fully saturated rings. The van der Waals surface area contributed by atoms with Gasteiger partial charge in [-0.1, -0.05) is 38.5 Å². The van der Waals surface area contributed by atoms with Crippen LogP contribution in [0, 0.1) is 12.3 Å². The van der Waals surface area contributed by atoms with Gasteiger partial charge in [-0.25, -0.2) is 0 Å². The molecule has 1 aromatic rings. The Labute approximate surface area is 151 Å². The Morgan fingerprint density at radius 1 is 1.24 bits per heavy atom. The summed E-state index contributed by atoms with van der Waals surface area (Å²) < 4.78 is 0. The van der Waals surface area contributed by atoms with Crippen molar-refractivity contribution in [2.75, 3.05) is 32.0 Å². The van der Waals surface area contributed by atoms with Crippen molar-refractivity contribution >= 4 is 17.5 Å². The van der Waals surface area contributed by atoms with Crippen LogP contribution in [0.15, 0.2) is 24.3 Å². The zero-order chi connectivity index (χ0) is 18.6. The van der Waals surface area contributed by atoms with E-state index in [1.807, 2.05) is 63.9 Å². The highest BCUT2D eigenvalue weighted by atomic mass is 16.2.